The predicted molar refractivity (Wildman–Crippen MR) is 106 cm³/mol. The molecule has 2 amide bonds. The normalized spacial score (nSPS) is 18.9. The van der Waals surface area contributed by atoms with Crippen LogP contribution in [0.3, 0.4) is 0 Å². The van der Waals surface area contributed by atoms with Gasteiger partial charge in [0.1, 0.15) is 0 Å². The summed E-state index contributed by atoms with van der Waals surface area (Å²) in [4.78, 5) is 25.6. The number of methoxy groups -OCH3 is 3. The minimum absolute atomic E-state index is 0.00789. The highest BCUT2D eigenvalue weighted by Crippen LogP contribution is 2.38. The van der Waals surface area contributed by atoms with Crippen LogP contribution in [0.4, 0.5) is 0 Å². The van der Waals surface area contributed by atoms with Crippen LogP contribution in [0.2, 0.25) is 0 Å². The standard InChI is InChI=1S/C20H24N2O5S/c1-25-14-9-12(10-15(26-2)20(14)27-3)11-18(24)21-13-6-7-17(23)22-19(13)16-5-4-8-28-16/h4-5,8-10,13,19H,6-7,11H2,1-3H3,(H,21,24)(H,22,23)/t13-,19-/m1/s1. The van der Waals surface area contributed by atoms with Gasteiger partial charge in [-0.3, -0.25) is 9.59 Å². The number of nitrogens with one attached hydrogen (secondary N) is 2. The van der Waals surface area contributed by atoms with Crippen molar-refractivity contribution in [2.75, 3.05) is 21.3 Å². The third kappa shape index (κ3) is 4.39. The molecule has 0 saturated carbocycles. The van der Waals surface area contributed by atoms with Gasteiger partial charge in [-0.2, -0.15) is 0 Å². The molecule has 1 fully saturated rings. The molecular formula is C20H24N2O5S. The molecule has 2 N–H and O–H groups in total. The molecule has 7 nitrogen and oxygen atoms in total. The maximum atomic E-state index is 12.7. The number of amides is 2. The number of rotatable bonds is 7. The van der Waals surface area contributed by atoms with E-state index in [-0.39, 0.29) is 30.3 Å². The van der Waals surface area contributed by atoms with Crippen LogP contribution in [0.5, 0.6) is 17.2 Å². The van der Waals surface area contributed by atoms with E-state index in [4.69, 9.17) is 14.2 Å². The van der Waals surface area contributed by atoms with Crippen molar-refractivity contribution in [3.05, 3.63) is 40.1 Å². The molecule has 150 valence electrons. The van der Waals surface area contributed by atoms with Crippen molar-refractivity contribution in [3.8, 4) is 17.2 Å². The van der Waals surface area contributed by atoms with E-state index in [9.17, 15) is 9.59 Å². The van der Waals surface area contributed by atoms with Crippen molar-refractivity contribution >= 4 is 23.2 Å². The van der Waals surface area contributed by atoms with Gasteiger partial charge in [-0.15, -0.1) is 11.3 Å². The van der Waals surface area contributed by atoms with Gasteiger partial charge in [0.25, 0.3) is 0 Å². The Balaban J connectivity index is 1.73. The molecule has 0 unspecified atom stereocenters. The Labute approximate surface area is 168 Å². The highest BCUT2D eigenvalue weighted by Gasteiger charge is 2.31. The molecule has 8 heteroatoms. The van der Waals surface area contributed by atoms with Crippen molar-refractivity contribution < 1.29 is 23.8 Å². The number of hydrogen-bond donors (Lipinski definition) is 2. The van der Waals surface area contributed by atoms with Crippen LogP contribution in [0, 0.1) is 0 Å². The first-order valence-corrected chi connectivity index (χ1v) is 9.84. The summed E-state index contributed by atoms with van der Waals surface area (Å²) < 4.78 is 16.0. The fourth-order valence-electron chi connectivity index (χ4n) is 3.37. The van der Waals surface area contributed by atoms with Crippen LogP contribution < -0.4 is 24.8 Å². The third-order valence-electron chi connectivity index (χ3n) is 4.69. The lowest BCUT2D eigenvalue weighted by Gasteiger charge is -2.32. The van der Waals surface area contributed by atoms with Crippen molar-refractivity contribution in [1.82, 2.24) is 10.6 Å². The molecule has 2 aromatic rings. The van der Waals surface area contributed by atoms with Crippen molar-refractivity contribution in [2.45, 2.75) is 31.3 Å². The van der Waals surface area contributed by atoms with Crippen LogP contribution >= 0.6 is 11.3 Å². The molecule has 0 spiro atoms. The van der Waals surface area contributed by atoms with Crippen LogP contribution in [0.15, 0.2) is 29.6 Å². The number of thiophene rings is 1. The topological polar surface area (TPSA) is 85.9 Å². The lowest BCUT2D eigenvalue weighted by molar-refractivity contribution is -0.126. The highest BCUT2D eigenvalue weighted by atomic mass is 32.1. The summed E-state index contributed by atoms with van der Waals surface area (Å²) in [6.45, 7) is 0. The fourth-order valence-corrected chi connectivity index (χ4v) is 4.21. The van der Waals surface area contributed by atoms with Gasteiger partial charge >= 0.3 is 0 Å². The van der Waals surface area contributed by atoms with Gasteiger partial charge in [0, 0.05) is 11.3 Å². The fraction of sp³-hybridized carbons (Fsp3) is 0.400. The van der Waals surface area contributed by atoms with E-state index < -0.39 is 0 Å². The van der Waals surface area contributed by atoms with Crippen LogP contribution in [0.25, 0.3) is 0 Å². The number of piperidine rings is 1. The minimum atomic E-state index is -0.204. The molecule has 0 aliphatic carbocycles. The molecule has 1 aromatic carbocycles. The minimum Gasteiger partial charge on any atom is -0.493 e. The number of hydrogen-bond acceptors (Lipinski definition) is 6. The third-order valence-corrected chi connectivity index (χ3v) is 5.64. The molecule has 2 heterocycles. The molecule has 28 heavy (non-hydrogen) atoms. The molecule has 1 aliphatic rings. The zero-order valence-corrected chi connectivity index (χ0v) is 16.9. The average Bonchev–Trinajstić information content (AvgIpc) is 3.23. The van der Waals surface area contributed by atoms with Gasteiger partial charge in [-0.1, -0.05) is 6.07 Å². The lowest BCUT2D eigenvalue weighted by Crippen LogP contribution is -2.50. The van der Waals surface area contributed by atoms with Crippen LogP contribution in [0.1, 0.15) is 29.3 Å². The van der Waals surface area contributed by atoms with E-state index in [1.54, 1.807) is 23.5 Å². The van der Waals surface area contributed by atoms with Gasteiger partial charge < -0.3 is 24.8 Å². The maximum absolute atomic E-state index is 12.7. The zero-order valence-electron chi connectivity index (χ0n) is 16.1. The van der Waals surface area contributed by atoms with Crippen molar-refractivity contribution in [1.29, 1.82) is 0 Å². The highest BCUT2D eigenvalue weighted by molar-refractivity contribution is 7.10. The number of carbonyl (C=O) groups is 2. The SMILES string of the molecule is COc1cc(CC(=O)N[C@@H]2CCC(=O)N[C@H]2c2cccs2)cc(OC)c1OC. The Kier molecular flexibility index (Phi) is 6.41. The van der Waals surface area contributed by atoms with Gasteiger partial charge in [0.15, 0.2) is 11.5 Å². The largest absolute Gasteiger partial charge is 0.493 e. The summed E-state index contributed by atoms with van der Waals surface area (Å²) in [6, 6.07) is 7.09. The summed E-state index contributed by atoms with van der Waals surface area (Å²) in [5.74, 6) is 1.38. The number of carbonyl (C=O) groups excluding carboxylic acids is 2. The molecular weight excluding hydrogens is 380 g/mol. The van der Waals surface area contributed by atoms with E-state index >= 15 is 0 Å². The average molecular weight is 404 g/mol. The van der Waals surface area contributed by atoms with Gasteiger partial charge in [0.2, 0.25) is 17.6 Å². The second-order valence-corrected chi connectivity index (χ2v) is 7.46. The second-order valence-electron chi connectivity index (χ2n) is 6.48. The Morgan fingerprint density at radius 1 is 1.21 bits per heavy atom. The lowest BCUT2D eigenvalue weighted by atomic mass is 9.96. The zero-order chi connectivity index (χ0) is 20.1. The molecule has 1 aromatic heterocycles. The molecule has 0 bridgehead atoms. The molecule has 2 atom stereocenters. The molecule has 1 aliphatic heterocycles. The van der Waals surface area contributed by atoms with Crippen molar-refractivity contribution in [2.24, 2.45) is 0 Å². The summed E-state index contributed by atoms with van der Waals surface area (Å²) in [6.07, 6.45) is 1.17. The second kappa shape index (κ2) is 8.97. The molecule has 0 radical (unpaired) electrons. The molecule has 1 saturated heterocycles. The number of benzene rings is 1. The van der Waals surface area contributed by atoms with E-state index in [0.717, 1.165) is 10.4 Å². The summed E-state index contributed by atoms with van der Waals surface area (Å²) in [5.41, 5.74) is 0.750. The van der Waals surface area contributed by atoms with E-state index in [0.29, 0.717) is 30.1 Å². The Hall–Kier alpha value is -2.74. The van der Waals surface area contributed by atoms with Gasteiger partial charge in [-0.05, 0) is 35.6 Å². The van der Waals surface area contributed by atoms with E-state index in [2.05, 4.69) is 10.6 Å². The first-order chi connectivity index (χ1) is 13.5. The predicted octanol–water partition coefficient (Wildman–Crippen LogP) is 2.45. The Bertz CT molecular complexity index is 812. The Morgan fingerprint density at radius 3 is 2.50 bits per heavy atom. The molecule has 3 rings (SSSR count). The van der Waals surface area contributed by atoms with Gasteiger partial charge in [0.05, 0.1) is 39.8 Å². The summed E-state index contributed by atoms with van der Waals surface area (Å²) in [7, 11) is 4.61. The first-order valence-electron chi connectivity index (χ1n) is 8.96. The monoisotopic (exact) mass is 404 g/mol. The Morgan fingerprint density at radius 2 is 1.93 bits per heavy atom. The number of ether oxygens (including phenoxy) is 3. The van der Waals surface area contributed by atoms with Crippen LogP contribution in [-0.4, -0.2) is 39.2 Å². The smallest absolute Gasteiger partial charge is 0.224 e. The summed E-state index contributed by atoms with van der Waals surface area (Å²) in [5, 5.41) is 8.02. The van der Waals surface area contributed by atoms with Crippen LogP contribution in [-0.2, 0) is 16.0 Å². The first kappa shape index (κ1) is 20.0. The van der Waals surface area contributed by atoms with E-state index in [1.807, 2.05) is 17.5 Å². The summed E-state index contributed by atoms with van der Waals surface area (Å²) >= 11 is 1.57. The van der Waals surface area contributed by atoms with Crippen molar-refractivity contribution in [3.63, 3.8) is 0 Å². The van der Waals surface area contributed by atoms with E-state index in [1.165, 1.54) is 21.3 Å². The quantitative estimate of drug-likeness (QED) is 0.740. The maximum Gasteiger partial charge on any atom is 0.224 e. The van der Waals surface area contributed by atoms with Gasteiger partial charge in [-0.25, -0.2) is 0 Å².